The van der Waals surface area contributed by atoms with E-state index in [2.05, 4.69) is 0 Å². The fraction of sp³-hybridized carbons (Fsp3) is 0.842. The molecule has 7 heteroatoms. The largest absolute Gasteiger partial charge is 0.525 e. The zero-order valence-electron chi connectivity index (χ0n) is 17.2. The normalized spacial score (nSPS) is 27.4. The van der Waals surface area contributed by atoms with Crippen LogP contribution in [0.15, 0.2) is 11.3 Å². The third kappa shape index (κ3) is 4.49. The fourth-order valence-electron chi connectivity index (χ4n) is 3.38. The van der Waals surface area contributed by atoms with Crippen LogP contribution in [0.2, 0.25) is 0 Å². The maximum absolute atomic E-state index is 15.5. The van der Waals surface area contributed by atoms with Gasteiger partial charge in [0.2, 0.25) is 0 Å². The Morgan fingerprint density at radius 1 is 1.23 bits per heavy atom. The molecule has 1 atom stereocenters. The van der Waals surface area contributed by atoms with Gasteiger partial charge in [-0.3, -0.25) is 9.69 Å². The molecule has 0 saturated carbocycles. The van der Waals surface area contributed by atoms with Crippen molar-refractivity contribution in [2.45, 2.75) is 72.5 Å². The highest BCUT2D eigenvalue weighted by molar-refractivity contribution is 6.53. The van der Waals surface area contributed by atoms with Crippen molar-refractivity contribution in [1.29, 1.82) is 0 Å². The monoisotopic (exact) mass is 369 g/mol. The number of carboxylic acids is 1. The van der Waals surface area contributed by atoms with Crippen molar-refractivity contribution in [3.8, 4) is 0 Å². The summed E-state index contributed by atoms with van der Waals surface area (Å²) in [6, 6.07) is 0. The summed E-state index contributed by atoms with van der Waals surface area (Å²) in [7, 11) is -1.02. The highest BCUT2D eigenvalue weighted by Crippen LogP contribution is 2.41. The number of hydrogen-bond acceptors (Lipinski definition) is 4. The van der Waals surface area contributed by atoms with Crippen LogP contribution in [0.1, 0.15) is 61.3 Å². The van der Waals surface area contributed by atoms with Crippen LogP contribution < -0.4 is 0 Å². The van der Waals surface area contributed by atoms with Gasteiger partial charge in [-0.2, -0.15) is 0 Å². The Morgan fingerprint density at radius 2 is 1.77 bits per heavy atom. The van der Waals surface area contributed by atoms with Crippen molar-refractivity contribution in [3.05, 3.63) is 11.3 Å². The molecule has 0 aromatic carbocycles. The maximum atomic E-state index is 15.5. The number of carbonyl (C=O) groups is 1. The van der Waals surface area contributed by atoms with E-state index < -0.39 is 29.7 Å². The molecule has 1 unspecified atom stereocenters. The average Bonchev–Trinajstić information content (AvgIpc) is 2.71. The Morgan fingerprint density at radius 3 is 2.23 bits per heavy atom. The molecule has 148 valence electrons. The highest BCUT2D eigenvalue weighted by Gasteiger charge is 2.54. The van der Waals surface area contributed by atoms with Crippen LogP contribution in [0.25, 0.3) is 0 Å². The molecule has 1 N–H and O–H groups in total. The van der Waals surface area contributed by atoms with Crippen molar-refractivity contribution < 1.29 is 23.6 Å². The molecule has 2 aliphatic heterocycles. The minimum Gasteiger partial charge on any atom is -0.481 e. The molecule has 5 nitrogen and oxygen atoms in total. The molecule has 2 aliphatic rings. The van der Waals surface area contributed by atoms with Crippen LogP contribution in [0, 0.1) is 11.3 Å². The molecule has 0 bridgehead atoms. The van der Waals surface area contributed by atoms with Gasteiger partial charge < -0.3 is 14.4 Å². The first-order valence-electron chi connectivity index (χ1n) is 9.44. The molecule has 0 aromatic heterocycles. The maximum Gasteiger partial charge on any atom is 0.525 e. The summed E-state index contributed by atoms with van der Waals surface area (Å²) in [5, 5.41) is 9.29. The minimum atomic E-state index is -1.02. The van der Waals surface area contributed by atoms with Gasteiger partial charge >= 0.3 is 13.1 Å². The summed E-state index contributed by atoms with van der Waals surface area (Å²) in [4.78, 5) is 13.4. The molecular weight excluding hydrogens is 336 g/mol. The zero-order valence-corrected chi connectivity index (χ0v) is 17.2. The number of hydrogen-bond donors (Lipinski definition) is 1. The van der Waals surface area contributed by atoms with Crippen molar-refractivity contribution in [2.24, 2.45) is 11.3 Å². The molecule has 2 fully saturated rings. The van der Waals surface area contributed by atoms with Gasteiger partial charge in [0, 0.05) is 13.1 Å². The molecule has 0 radical (unpaired) electrons. The second-order valence-corrected chi connectivity index (χ2v) is 9.58. The molecule has 2 rings (SSSR count). The van der Waals surface area contributed by atoms with Crippen LogP contribution in [-0.4, -0.2) is 53.9 Å². The summed E-state index contributed by atoms with van der Waals surface area (Å²) >= 11 is 0. The number of halogens is 1. The summed E-state index contributed by atoms with van der Waals surface area (Å²) in [6.07, 6.45) is 1.49. The van der Waals surface area contributed by atoms with E-state index in [1.54, 1.807) is 0 Å². The number of likely N-dealkylation sites (tertiary alicyclic amines) is 1. The lowest BCUT2D eigenvalue weighted by Crippen LogP contribution is -2.41. The average molecular weight is 369 g/mol. The van der Waals surface area contributed by atoms with Gasteiger partial charge in [-0.15, -0.1) is 0 Å². The Hall–Kier alpha value is -0.915. The number of piperidine rings is 1. The first-order valence-corrected chi connectivity index (χ1v) is 9.44. The van der Waals surface area contributed by atoms with Crippen LogP contribution in [0.4, 0.5) is 4.39 Å². The van der Waals surface area contributed by atoms with Gasteiger partial charge in [-0.05, 0) is 58.1 Å². The van der Waals surface area contributed by atoms with Crippen molar-refractivity contribution in [3.63, 3.8) is 0 Å². The van der Waals surface area contributed by atoms with E-state index in [-0.39, 0.29) is 11.6 Å². The predicted octanol–water partition coefficient (Wildman–Crippen LogP) is 3.68. The zero-order chi connectivity index (χ0) is 19.9. The summed E-state index contributed by atoms with van der Waals surface area (Å²) < 4.78 is 27.2. The fourth-order valence-corrected chi connectivity index (χ4v) is 3.38. The van der Waals surface area contributed by atoms with Crippen LogP contribution in [0.3, 0.4) is 0 Å². The third-order valence-corrected chi connectivity index (χ3v) is 5.89. The topological polar surface area (TPSA) is 59.0 Å². The first-order chi connectivity index (χ1) is 11.7. The lowest BCUT2D eigenvalue weighted by Gasteiger charge is -2.35. The Labute approximate surface area is 157 Å². The van der Waals surface area contributed by atoms with Gasteiger partial charge in [-0.1, -0.05) is 20.8 Å². The lowest BCUT2D eigenvalue weighted by molar-refractivity contribution is -0.143. The van der Waals surface area contributed by atoms with Crippen molar-refractivity contribution in [1.82, 2.24) is 4.90 Å². The van der Waals surface area contributed by atoms with E-state index in [0.717, 1.165) is 13.0 Å². The van der Waals surface area contributed by atoms with E-state index in [1.165, 1.54) is 0 Å². The number of nitrogens with zero attached hydrogens (tertiary/aromatic N) is 1. The smallest absolute Gasteiger partial charge is 0.481 e. The van der Waals surface area contributed by atoms with Gasteiger partial charge in [0.25, 0.3) is 0 Å². The molecule has 0 amide bonds. The van der Waals surface area contributed by atoms with E-state index in [0.29, 0.717) is 25.1 Å². The molecule has 0 spiro atoms. The predicted molar refractivity (Wildman–Crippen MR) is 100 cm³/mol. The molecule has 0 aliphatic carbocycles. The SMILES string of the molecule is CC(C)(C)C(CN1CCCC(C(=O)O)C1)=C(F)B1OC(C)(C)C(C)(C)O1. The quantitative estimate of drug-likeness (QED) is 0.766. The summed E-state index contributed by atoms with van der Waals surface area (Å²) in [5.74, 6) is -1.16. The van der Waals surface area contributed by atoms with E-state index in [4.69, 9.17) is 9.31 Å². The molecule has 0 aromatic rings. The van der Waals surface area contributed by atoms with Crippen molar-refractivity contribution in [2.75, 3.05) is 19.6 Å². The van der Waals surface area contributed by atoms with Gasteiger partial charge in [0.15, 0.2) is 0 Å². The van der Waals surface area contributed by atoms with Crippen LogP contribution in [0.5, 0.6) is 0 Å². The van der Waals surface area contributed by atoms with Gasteiger partial charge in [-0.25, -0.2) is 4.39 Å². The Kier molecular flexibility index (Phi) is 5.96. The Bertz CT molecular complexity index is 567. The second kappa shape index (κ2) is 7.25. The van der Waals surface area contributed by atoms with Crippen molar-refractivity contribution >= 4 is 13.1 Å². The van der Waals surface area contributed by atoms with Gasteiger partial charge in [0.05, 0.1) is 17.1 Å². The minimum absolute atomic E-state index is 0.381. The third-order valence-electron chi connectivity index (χ3n) is 5.89. The molecular formula is C19H33BFNO4. The molecule has 26 heavy (non-hydrogen) atoms. The number of rotatable bonds is 4. The number of aliphatic carboxylic acids is 1. The van der Waals surface area contributed by atoms with E-state index >= 15 is 4.39 Å². The van der Waals surface area contributed by atoms with Gasteiger partial charge in [0.1, 0.15) is 5.73 Å². The Balaban J connectivity index is 2.24. The summed E-state index contributed by atoms with van der Waals surface area (Å²) in [5.41, 5.74) is -1.38. The number of carboxylic acid groups (broad SMARTS) is 1. The van der Waals surface area contributed by atoms with E-state index in [1.807, 2.05) is 53.4 Å². The van der Waals surface area contributed by atoms with Crippen LogP contribution in [-0.2, 0) is 14.1 Å². The lowest BCUT2D eigenvalue weighted by atomic mass is 9.75. The van der Waals surface area contributed by atoms with Crippen LogP contribution >= 0.6 is 0 Å². The molecule has 2 saturated heterocycles. The first kappa shape index (κ1) is 21.4. The standard InChI is InChI=1S/C19H33BFNO4/c1-17(2,3)14(12-22-10-8-9-13(11-22)16(23)24)15(21)20-25-18(4,5)19(6,7)26-20/h13H,8-12H2,1-7H3,(H,23,24). The van der Waals surface area contributed by atoms with E-state index in [9.17, 15) is 9.90 Å². The summed E-state index contributed by atoms with van der Waals surface area (Å²) in [6.45, 7) is 15.1. The highest BCUT2D eigenvalue weighted by atomic mass is 19.1. The molecule has 2 heterocycles. The second-order valence-electron chi connectivity index (χ2n) is 9.58.